The van der Waals surface area contributed by atoms with Gasteiger partial charge in [-0.3, -0.25) is 14.5 Å². The summed E-state index contributed by atoms with van der Waals surface area (Å²) >= 11 is 1.23. The fraction of sp³-hybridized carbons (Fsp3) is 0.167. The van der Waals surface area contributed by atoms with E-state index in [1.807, 2.05) is 13.0 Å². The third kappa shape index (κ3) is 5.75. The number of benzene rings is 2. The van der Waals surface area contributed by atoms with Crippen molar-refractivity contribution in [3.05, 3.63) is 65.2 Å². The molecule has 0 unspecified atom stereocenters. The number of amides is 2. The van der Waals surface area contributed by atoms with E-state index in [0.717, 1.165) is 0 Å². The summed E-state index contributed by atoms with van der Waals surface area (Å²) in [6.45, 7) is 3.72. The minimum Gasteiger partial charge on any atom is -0.497 e. The molecule has 0 fully saturated rings. The summed E-state index contributed by atoms with van der Waals surface area (Å²) < 4.78 is 10.7. The average Bonchev–Trinajstić information content (AvgIpc) is 3.27. The van der Waals surface area contributed by atoms with Gasteiger partial charge in [-0.05, 0) is 49.4 Å². The van der Waals surface area contributed by atoms with Crippen LogP contribution in [0.5, 0.6) is 11.5 Å². The number of aromatic nitrogens is 1. The van der Waals surface area contributed by atoms with Gasteiger partial charge in [0.2, 0.25) is 5.91 Å². The van der Waals surface area contributed by atoms with E-state index in [4.69, 9.17) is 9.47 Å². The van der Waals surface area contributed by atoms with Crippen LogP contribution in [0.15, 0.2) is 59.5 Å². The minimum absolute atomic E-state index is 0.128. The maximum atomic E-state index is 12.7. The molecule has 8 nitrogen and oxygen atoms in total. The molecule has 0 bridgehead atoms. The number of thiazole rings is 1. The molecule has 1 heterocycles. The van der Waals surface area contributed by atoms with Crippen LogP contribution in [0.4, 0.5) is 16.5 Å². The Morgan fingerprint density at radius 1 is 1.21 bits per heavy atom. The lowest BCUT2D eigenvalue weighted by molar-refractivity contribution is -0.116. The van der Waals surface area contributed by atoms with Crippen molar-refractivity contribution in [1.82, 2.24) is 4.98 Å². The smallest absolute Gasteiger partial charge is 0.266 e. The molecule has 2 aromatic carbocycles. The number of hydrogen-bond donors (Lipinski definition) is 1. The van der Waals surface area contributed by atoms with E-state index in [1.54, 1.807) is 61.0 Å². The minimum atomic E-state index is -0.585. The Morgan fingerprint density at radius 2 is 1.94 bits per heavy atom. The SMILES string of the molecule is CCOc1ccccc1NC(=O)/C(C#N)=C/c1csc(N(C(C)=O)c2ccc(OC)cc2)n1. The number of nitrogens with one attached hydrogen (secondary N) is 1. The number of nitrogens with zero attached hydrogens (tertiary/aromatic N) is 3. The number of nitriles is 1. The van der Waals surface area contributed by atoms with Crippen molar-refractivity contribution in [2.45, 2.75) is 13.8 Å². The lowest BCUT2D eigenvalue weighted by Gasteiger charge is -2.18. The van der Waals surface area contributed by atoms with Crippen molar-refractivity contribution in [3.63, 3.8) is 0 Å². The fourth-order valence-corrected chi connectivity index (χ4v) is 3.79. The molecule has 0 radical (unpaired) electrons. The number of ether oxygens (including phenoxy) is 2. The molecule has 2 amide bonds. The molecule has 0 saturated carbocycles. The number of rotatable bonds is 8. The van der Waals surface area contributed by atoms with Crippen LogP contribution < -0.4 is 19.7 Å². The van der Waals surface area contributed by atoms with E-state index >= 15 is 0 Å². The van der Waals surface area contributed by atoms with E-state index < -0.39 is 5.91 Å². The van der Waals surface area contributed by atoms with Crippen LogP contribution in [-0.2, 0) is 9.59 Å². The number of anilines is 3. The molecular weight excluding hydrogens is 440 g/mol. The van der Waals surface area contributed by atoms with Gasteiger partial charge in [0.1, 0.15) is 23.1 Å². The third-order valence-electron chi connectivity index (χ3n) is 4.44. The van der Waals surface area contributed by atoms with Gasteiger partial charge in [0, 0.05) is 12.3 Å². The number of methoxy groups -OCH3 is 1. The van der Waals surface area contributed by atoms with Gasteiger partial charge in [-0.25, -0.2) is 4.98 Å². The molecule has 0 saturated heterocycles. The first-order valence-electron chi connectivity index (χ1n) is 10.0. The van der Waals surface area contributed by atoms with Crippen molar-refractivity contribution in [2.75, 3.05) is 23.9 Å². The highest BCUT2D eigenvalue weighted by Crippen LogP contribution is 2.31. The Labute approximate surface area is 195 Å². The highest BCUT2D eigenvalue weighted by Gasteiger charge is 2.19. The second kappa shape index (κ2) is 10.9. The highest BCUT2D eigenvalue weighted by atomic mass is 32.1. The molecule has 3 rings (SSSR count). The van der Waals surface area contributed by atoms with Gasteiger partial charge >= 0.3 is 0 Å². The summed E-state index contributed by atoms with van der Waals surface area (Å²) in [4.78, 5) is 30.9. The Hall–Kier alpha value is -4.16. The van der Waals surface area contributed by atoms with Crippen molar-refractivity contribution in [2.24, 2.45) is 0 Å². The van der Waals surface area contributed by atoms with Gasteiger partial charge in [-0.2, -0.15) is 5.26 Å². The summed E-state index contributed by atoms with van der Waals surface area (Å²) in [5.41, 5.74) is 1.35. The van der Waals surface area contributed by atoms with Gasteiger partial charge < -0.3 is 14.8 Å². The van der Waals surface area contributed by atoms with Crippen molar-refractivity contribution < 1.29 is 19.1 Å². The lowest BCUT2D eigenvalue weighted by atomic mass is 10.2. The van der Waals surface area contributed by atoms with E-state index in [0.29, 0.717) is 40.3 Å². The third-order valence-corrected chi connectivity index (χ3v) is 5.28. The van der Waals surface area contributed by atoms with Crippen LogP contribution in [0, 0.1) is 11.3 Å². The van der Waals surface area contributed by atoms with Crippen LogP contribution in [0.1, 0.15) is 19.5 Å². The number of carbonyl (C=O) groups excluding carboxylic acids is 2. The normalized spacial score (nSPS) is 10.8. The molecule has 33 heavy (non-hydrogen) atoms. The maximum absolute atomic E-state index is 12.7. The van der Waals surface area contributed by atoms with Crippen molar-refractivity contribution >= 4 is 45.7 Å². The second-order valence-corrected chi connectivity index (χ2v) is 7.50. The molecule has 3 aromatic rings. The maximum Gasteiger partial charge on any atom is 0.266 e. The zero-order valence-electron chi connectivity index (χ0n) is 18.4. The van der Waals surface area contributed by atoms with Crippen LogP contribution in [0.25, 0.3) is 6.08 Å². The largest absolute Gasteiger partial charge is 0.497 e. The van der Waals surface area contributed by atoms with Gasteiger partial charge in [0.15, 0.2) is 5.13 Å². The zero-order chi connectivity index (χ0) is 23.8. The van der Waals surface area contributed by atoms with Crippen LogP contribution in [-0.4, -0.2) is 30.5 Å². The molecule has 0 aliphatic heterocycles. The summed E-state index contributed by atoms with van der Waals surface area (Å²) in [5, 5.41) is 14.3. The van der Waals surface area contributed by atoms with Crippen LogP contribution >= 0.6 is 11.3 Å². The van der Waals surface area contributed by atoms with Crippen molar-refractivity contribution in [1.29, 1.82) is 5.26 Å². The quantitative estimate of drug-likeness (QED) is 0.382. The Morgan fingerprint density at radius 3 is 2.58 bits per heavy atom. The van der Waals surface area contributed by atoms with E-state index in [2.05, 4.69) is 10.3 Å². The highest BCUT2D eigenvalue weighted by molar-refractivity contribution is 7.14. The molecule has 0 aliphatic carbocycles. The molecular formula is C24H22N4O4S. The van der Waals surface area contributed by atoms with Crippen LogP contribution in [0.3, 0.4) is 0 Å². The van der Waals surface area contributed by atoms with Gasteiger partial charge in [0.25, 0.3) is 5.91 Å². The Balaban J connectivity index is 1.84. The average molecular weight is 463 g/mol. The zero-order valence-corrected chi connectivity index (χ0v) is 19.2. The first kappa shape index (κ1) is 23.5. The van der Waals surface area contributed by atoms with E-state index in [1.165, 1.54) is 29.2 Å². The molecule has 168 valence electrons. The summed E-state index contributed by atoms with van der Waals surface area (Å²) in [7, 11) is 1.57. The van der Waals surface area contributed by atoms with Gasteiger partial charge in [-0.1, -0.05) is 12.1 Å². The van der Waals surface area contributed by atoms with Crippen LogP contribution in [0.2, 0.25) is 0 Å². The summed E-state index contributed by atoms with van der Waals surface area (Å²) in [6.07, 6.45) is 1.38. The Kier molecular flexibility index (Phi) is 7.78. The molecule has 1 N–H and O–H groups in total. The first-order valence-corrected chi connectivity index (χ1v) is 10.9. The lowest BCUT2D eigenvalue weighted by Crippen LogP contribution is -2.22. The fourth-order valence-electron chi connectivity index (χ4n) is 2.94. The van der Waals surface area contributed by atoms with E-state index in [9.17, 15) is 14.9 Å². The summed E-state index contributed by atoms with van der Waals surface area (Å²) in [6, 6.07) is 15.9. The Bertz CT molecular complexity index is 1210. The topological polar surface area (TPSA) is 105 Å². The number of hydrogen-bond acceptors (Lipinski definition) is 7. The number of para-hydroxylation sites is 2. The monoisotopic (exact) mass is 462 g/mol. The summed E-state index contributed by atoms with van der Waals surface area (Å²) in [5.74, 6) is 0.368. The van der Waals surface area contributed by atoms with E-state index in [-0.39, 0.29) is 11.5 Å². The standard InChI is InChI=1S/C24H22N4O4S/c1-4-32-22-8-6-5-7-21(22)27-23(30)17(14-25)13-18-15-33-24(26-18)28(16(2)29)19-9-11-20(31-3)12-10-19/h5-13,15H,4H2,1-3H3,(H,27,30)/b17-13+. The molecule has 0 aliphatic rings. The van der Waals surface area contributed by atoms with Crippen molar-refractivity contribution in [3.8, 4) is 17.6 Å². The van der Waals surface area contributed by atoms with Gasteiger partial charge in [-0.15, -0.1) is 11.3 Å². The first-order chi connectivity index (χ1) is 16.0. The predicted molar refractivity (Wildman–Crippen MR) is 128 cm³/mol. The predicted octanol–water partition coefficient (Wildman–Crippen LogP) is 4.78. The second-order valence-electron chi connectivity index (χ2n) is 6.66. The molecule has 0 spiro atoms. The molecule has 0 atom stereocenters. The van der Waals surface area contributed by atoms with Gasteiger partial charge in [0.05, 0.1) is 30.8 Å². The number of carbonyl (C=O) groups is 2. The molecule has 1 aromatic heterocycles. The molecule has 9 heteroatoms.